The molecule has 3 aliphatic rings. The van der Waals surface area contributed by atoms with Crippen LogP contribution in [-0.4, -0.2) is 30.6 Å². The molecule has 0 bridgehead atoms. The van der Waals surface area contributed by atoms with Gasteiger partial charge in [0.05, 0.1) is 0 Å². The van der Waals surface area contributed by atoms with Gasteiger partial charge in [0.15, 0.2) is 0 Å². The van der Waals surface area contributed by atoms with E-state index in [1.807, 2.05) is 14.1 Å². The summed E-state index contributed by atoms with van der Waals surface area (Å²) in [5.41, 5.74) is 19.2. The minimum Gasteiger partial charge on any atom is -0.659 e. The summed E-state index contributed by atoms with van der Waals surface area (Å²) in [4.78, 5) is 8.41. The van der Waals surface area contributed by atoms with Gasteiger partial charge in [-0.1, -0.05) is 147 Å². The maximum absolute atomic E-state index is 4.86. The quantitative estimate of drug-likeness (QED) is 0.118. The average Bonchev–Trinajstić information content (AvgIpc) is 3.81. The van der Waals surface area contributed by atoms with Crippen LogP contribution in [0.1, 0.15) is 92.7 Å². The maximum Gasteiger partial charge on any atom is 4.00 e. The van der Waals surface area contributed by atoms with Crippen LogP contribution >= 0.6 is 0 Å². The standard InChI is InChI=1S/C29H37N4.C21H19BN.Pt/c1-20(2)23-15-27(21(3)4)29(28(16-23)22(5)6)24-13-25(32-11-9-30(7)18-32)17-26(14-24)33-12-10-31(8)19-33;1-14-12-15(2)21(16(3)13-14)22-17-8-4-6-10-19(17)23-20-11-7-5-9-18(20)22;/h9-16,18-22H,1-8H3;4-13H,1-3H3;/q-3;-1;+4. The zero-order chi connectivity index (χ0) is 39.8. The number of benzene rings is 5. The molecule has 5 nitrogen and oxygen atoms in total. The van der Waals surface area contributed by atoms with Crippen LogP contribution in [0.25, 0.3) is 16.4 Å². The average molecular weight is 933 g/mol. The maximum atomic E-state index is 4.86. The molecule has 0 amide bonds. The fourth-order valence-electron chi connectivity index (χ4n) is 8.36. The SMILES string of the molecule is CC(C)c1cc(C(C)C)c(-c2cc(N3C=CN(C)[CH-]3)[c-]c(N3C=CN(C)[CH-]3)c2)c(C(C)C)c1.Cc1cc(C)c(B2c3ccccc3[N-]c3ccccc32)c(C)c1.[Pt+4]. The molecule has 294 valence electrons. The van der Waals surface area contributed by atoms with Crippen LogP contribution < -0.4 is 26.2 Å². The third-order valence-corrected chi connectivity index (χ3v) is 11.1. The van der Waals surface area contributed by atoms with Gasteiger partial charge < -0.3 is 24.9 Å². The molecule has 3 aliphatic heterocycles. The van der Waals surface area contributed by atoms with Crippen LogP contribution in [0.3, 0.4) is 0 Å². The Hall–Kier alpha value is -4.67. The molecule has 7 heteroatoms. The molecule has 0 unspecified atom stereocenters. The second-order valence-corrected chi connectivity index (χ2v) is 16.6. The summed E-state index contributed by atoms with van der Waals surface area (Å²) in [6.45, 7) is 24.9. The van der Waals surface area contributed by atoms with Gasteiger partial charge in [-0.25, -0.2) is 0 Å². The van der Waals surface area contributed by atoms with E-state index in [0.29, 0.717) is 17.8 Å². The van der Waals surface area contributed by atoms with Gasteiger partial charge in [0.2, 0.25) is 6.71 Å². The van der Waals surface area contributed by atoms with E-state index < -0.39 is 0 Å². The van der Waals surface area contributed by atoms with Gasteiger partial charge in [-0.3, -0.25) is 0 Å². The predicted molar refractivity (Wildman–Crippen MR) is 241 cm³/mol. The molecule has 0 aliphatic carbocycles. The van der Waals surface area contributed by atoms with Crippen molar-refractivity contribution < 1.29 is 21.1 Å². The molecular weight excluding hydrogens is 876 g/mol. The van der Waals surface area contributed by atoms with E-state index in [9.17, 15) is 0 Å². The molecule has 0 saturated carbocycles. The van der Waals surface area contributed by atoms with Crippen LogP contribution in [0.2, 0.25) is 0 Å². The Morgan fingerprint density at radius 2 is 1.05 bits per heavy atom. The minimum atomic E-state index is 0. The molecular formula is C50H56BN5Pt. The molecule has 0 radical (unpaired) electrons. The smallest absolute Gasteiger partial charge is 0.659 e. The van der Waals surface area contributed by atoms with Crippen LogP contribution in [0, 0.1) is 40.2 Å². The molecule has 0 aromatic heterocycles. The van der Waals surface area contributed by atoms with Gasteiger partial charge in [-0.05, 0) is 99.7 Å². The van der Waals surface area contributed by atoms with Crippen LogP contribution in [0.5, 0.6) is 0 Å². The molecule has 0 saturated heterocycles. The number of rotatable bonds is 7. The second-order valence-electron chi connectivity index (χ2n) is 16.6. The number of hydrogen-bond donors (Lipinski definition) is 0. The van der Waals surface area contributed by atoms with Gasteiger partial charge >= 0.3 is 21.1 Å². The summed E-state index contributed by atoms with van der Waals surface area (Å²) in [7, 11) is 4.09. The van der Waals surface area contributed by atoms with Crippen molar-refractivity contribution >= 4 is 45.9 Å². The van der Waals surface area contributed by atoms with Crippen molar-refractivity contribution in [3.05, 3.63) is 168 Å². The zero-order valence-corrected chi connectivity index (χ0v) is 37.7. The monoisotopic (exact) mass is 932 g/mol. The number of hydrogen-bond acceptors (Lipinski definition) is 4. The number of aryl methyl sites for hydroxylation is 3. The molecule has 5 aromatic carbocycles. The molecule has 5 aromatic rings. The summed E-state index contributed by atoms with van der Waals surface area (Å²) < 4.78 is 0. The summed E-state index contributed by atoms with van der Waals surface area (Å²) >= 11 is 0. The van der Waals surface area contributed by atoms with E-state index in [1.165, 1.54) is 60.9 Å². The van der Waals surface area contributed by atoms with E-state index in [4.69, 9.17) is 5.32 Å². The van der Waals surface area contributed by atoms with Crippen LogP contribution in [-0.2, 0) is 21.1 Å². The van der Waals surface area contributed by atoms with Gasteiger partial charge in [0, 0.05) is 0 Å². The van der Waals surface area contributed by atoms with Crippen molar-refractivity contribution in [2.75, 3.05) is 23.9 Å². The normalized spacial score (nSPS) is 14.2. The molecule has 0 atom stereocenters. The van der Waals surface area contributed by atoms with Crippen molar-refractivity contribution in [3.63, 3.8) is 0 Å². The first-order valence-corrected chi connectivity index (χ1v) is 20.1. The Bertz CT molecular complexity index is 2150. The van der Waals surface area contributed by atoms with Crippen molar-refractivity contribution in [2.24, 2.45) is 0 Å². The molecule has 3 heterocycles. The molecule has 0 N–H and O–H groups in total. The van der Waals surface area contributed by atoms with Crippen LogP contribution in [0.15, 0.2) is 110 Å². The fraction of sp³-hybridized carbons (Fsp3) is 0.280. The number of fused-ring (bicyclic) bond motifs is 2. The van der Waals surface area contributed by atoms with Gasteiger partial charge in [0.1, 0.15) is 0 Å². The summed E-state index contributed by atoms with van der Waals surface area (Å²) in [5.74, 6) is 1.37. The number of nitrogens with zero attached hydrogens (tertiary/aromatic N) is 5. The van der Waals surface area contributed by atoms with Crippen LogP contribution in [0.4, 0.5) is 22.7 Å². The van der Waals surface area contributed by atoms with Gasteiger partial charge in [-0.15, -0.1) is 46.5 Å². The van der Waals surface area contributed by atoms with E-state index >= 15 is 0 Å². The van der Waals surface area contributed by atoms with Gasteiger partial charge in [0.25, 0.3) is 0 Å². The number of anilines is 2. The molecule has 57 heavy (non-hydrogen) atoms. The molecule has 0 spiro atoms. The Morgan fingerprint density at radius 3 is 1.46 bits per heavy atom. The van der Waals surface area contributed by atoms with Crippen molar-refractivity contribution in [1.29, 1.82) is 0 Å². The summed E-state index contributed by atoms with van der Waals surface area (Å²) in [6.07, 6.45) is 8.30. The van der Waals surface area contributed by atoms with Crippen molar-refractivity contribution in [3.8, 4) is 11.1 Å². The topological polar surface area (TPSA) is 27.1 Å². The van der Waals surface area contributed by atoms with E-state index in [-0.39, 0.29) is 27.8 Å². The predicted octanol–water partition coefficient (Wildman–Crippen LogP) is 11.0. The van der Waals surface area contributed by atoms with Crippen molar-refractivity contribution in [2.45, 2.75) is 80.1 Å². The Morgan fingerprint density at radius 1 is 0.596 bits per heavy atom. The van der Waals surface area contributed by atoms with E-state index in [2.05, 4.69) is 211 Å². The van der Waals surface area contributed by atoms with Crippen molar-refractivity contribution in [1.82, 2.24) is 9.80 Å². The first kappa shape index (κ1) is 42.0. The first-order chi connectivity index (χ1) is 26.8. The van der Waals surface area contributed by atoms with E-state index in [0.717, 1.165) is 22.7 Å². The third kappa shape index (κ3) is 8.77. The fourth-order valence-corrected chi connectivity index (χ4v) is 8.36. The molecule has 8 rings (SSSR count). The zero-order valence-electron chi connectivity index (χ0n) is 35.4. The summed E-state index contributed by atoms with van der Waals surface area (Å²) in [6, 6.07) is 34.7. The Labute approximate surface area is 357 Å². The Balaban J connectivity index is 0.000000201. The Kier molecular flexibility index (Phi) is 12.8. The molecule has 0 fully saturated rings. The third-order valence-electron chi connectivity index (χ3n) is 11.1. The second kappa shape index (κ2) is 17.4. The van der Waals surface area contributed by atoms with Gasteiger partial charge in [-0.2, -0.15) is 13.3 Å². The minimum absolute atomic E-state index is 0. The van der Waals surface area contributed by atoms with E-state index in [1.54, 1.807) is 0 Å². The first-order valence-electron chi connectivity index (χ1n) is 20.1. The summed E-state index contributed by atoms with van der Waals surface area (Å²) in [5, 5.41) is 4.86. The largest absolute Gasteiger partial charge is 4.00 e. The number of para-hydroxylation sites is 2.